The molecular weight excluding hydrogens is 250 g/mol. The van der Waals surface area contributed by atoms with Crippen molar-refractivity contribution in [1.82, 2.24) is 9.97 Å². The number of nitrogens with zero attached hydrogens (tertiary/aromatic N) is 2. The van der Waals surface area contributed by atoms with Gasteiger partial charge in [-0.3, -0.25) is 0 Å². The molecule has 0 amide bonds. The Hall–Kier alpha value is -2.10. The first-order chi connectivity index (χ1) is 9.65. The maximum absolute atomic E-state index is 6.01. The topological polar surface area (TPSA) is 47.0 Å². The SMILES string of the molecule is CCNc1ncnc(Oc2cc(C)ccc2C)c1CC. The molecule has 106 valence electrons. The second-order valence-corrected chi connectivity index (χ2v) is 4.76. The van der Waals surface area contributed by atoms with Crippen molar-refractivity contribution in [3.05, 3.63) is 41.2 Å². The number of hydrogen-bond donors (Lipinski definition) is 1. The number of hydrogen-bond acceptors (Lipinski definition) is 4. The van der Waals surface area contributed by atoms with Gasteiger partial charge in [-0.05, 0) is 44.4 Å². The van der Waals surface area contributed by atoms with Gasteiger partial charge >= 0.3 is 0 Å². The molecule has 0 saturated carbocycles. The first-order valence-corrected chi connectivity index (χ1v) is 6.98. The van der Waals surface area contributed by atoms with Crippen LogP contribution in [0.4, 0.5) is 5.82 Å². The summed E-state index contributed by atoms with van der Waals surface area (Å²) in [4.78, 5) is 8.56. The van der Waals surface area contributed by atoms with Crippen LogP contribution in [0.1, 0.15) is 30.5 Å². The molecule has 20 heavy (non-hydrogen) atoms. The Morgan fingerprint density at radius 1 is 1.15 bits per heavy atom. The third-order valence-corrected chi connectivity index (χ3v) is 3.15. The minimum Gasteiger partial charge on any atom is -0.438 e. The van der Waals surface area contributed by atoms with Crippen LogP contribution < -0.4 is 10.1 Å². The van der Waals surface area contributed by atoms with Gasteiger partial charge < -0.3 is 10.1 Å². The molecule has 0 aliphatic heterocycles. The molecule has 2 aromatic rings. The summed E-state index contributed by atoms with van der Waals surface area (Å²) >= 11 is 0. The molecule has 0 unspecified atom stereocenters. The molecule has 2 rings (SSSR count). The van der Waals surface area contributed by atoms with Crippen LogP contribution in [0.15, 0.2) is 24.5 Å². The van der Waals surface area contributed by atoms with Gasteiger partial charge in [0.05, 0.1) is 5.56 Å². The zero-order chi connectivity index (χ0) is 14.5. The van der Waals surface area contributed by atoms with Crippen LogP contribution in [0.25, 0.3) is 0 Å². The van der Waals surface area contributed by atoms with E-state index < -0.39 is 0 Å². The minimum absolute atomic E-state index is 0.632. The van der Waals surface area contributed by atoms with E-state index >= 15 is 0 Å². The molecule has 4 nitrogen and oxygen atoms in total. The van der Waals surface area contributed by atoms with Gasteiger partial charge in [0.25, 0.3) is 0 Å². The largest absolute Gasteiger partial charge is 0.438 e. The van der Waals surface area contributed by atoms with E-state index in [1.165, 1.54) is 11.9 Å². The fraction of sp³-hybridized carbons (Fsp3) is 0.375. The van der Waals surface area contributed by atoms with E-state index in [2.05, 4.69) is 41.3 Å². The van der Waals surface area contributed by atoms with Crippen LogP contribution in [0.2, 0.25) is 0 Å². The van der Waals surface area contributed by atoms with E-state index in [9.17, 15) is 0 Å². The zero-order valence-electron chi connectivity index (χ0n) is 12.5. The summed E-state index contributed by atoms with van der Waals surface area (Å²) < 4.78 is 6.01. The van der Waals surface area contributed by atoms with Crippen LogP contribution in [-0.2, 0) is 6.42 Å². The molecule has 0 fully saturated rings. The van der Waals surface area contributed by atoms with E-state index in [0.717, 1.165) is 35.7 Å². The van der Waals surface area contributed by atoms with Crippen molar-refractivity contribution in [2.75, 3.05) is 11.9 Å². The molecule has 1 aromatic carbocycles. The van der Waals surface area contributed by atoms with Crippen LogP contribution in [-0.4, -0.2) is 16.5 Å². The highest BCUT2D eigenvalue weighted by Gasteiger charge is 2.12. The van der Waals surface area contributed by atoms with Crippen LogP contribution in [0.5, 0.6) is 11.6 Å². The summed E-state index contributed by atoms with van der Waals surface area (Å²) in [5, 5.41) is 3.25. The fourth-order valence-electron chi connectivity index (χ4n) is 2.04. The van der Waals surface area contributed by atoms with Crippen molar-refractivity contribution in [2.24, 2.45) is 0 Å². The van der Waals surface area contributed by atoms with E-state index in [0.29, 0.717) is 5.88 Å². The van der Waals surface area contributed by atoms with Gasteiger partial charge in [0, 0.05) is 6.54 Å². The zero-order valence-corrected chi connectivity index (χ0v) is 12.5. The Morgan fingerprint density at radius 2 is 1.95 bits per heavy atom. The van der Waals surface area contributed by atoms with Crippen molar-refractivity contribution < 1.29 is 4.74 Å². The normalized spacial score (nSPS) is 10.4. The summed E-state index contributed by atoms with van der Waals surface area (Å²) in [5.41, 5.74) is 3.28. The highest BCUT2D eigenvalue weighted by molar-refractivity contribution is 5.50. The average molecular weight is 271 g/mol. The summed E-state index contributed by atoms with van der Waals surface area (Å²) in [6.07, 6.45) is 2.36. The second-order valence-electron chi connectivity index (χ2n) is 4.76. The third-order valence-electron chi connectivity index (χ3n) is 3.15. The van der Waals surface area contributed by atoms with E-state index in [4.69, 9.17) is 4.74 Å². The first-order valence-electron chi connectivity index (χ1n) is 6.98. The number of ether oxygens (including phenoxy) is 1. The summed E-state index contributed by atoms with van der Waals surface area (Å²) in [7, 11) is 0. The quantitative estimate of drug-likeness (QED) is 0.896. The Kier molecular flexibility index (Phi) is 4.56. The molecule has 0 aliphatic carbocycles. The highest BCUT2D eigenvalue weighted by Crippen LogP contribution is 2.29. The molecule has 0 saturated heterocycles. The van der Waals surface area contributed by atoms with Crippen molar-refractivity contribution in [3.63, 3.8) is 0 Å². The number of aryl methyl sites for hydroxylation is 2. The average Bonchev–Trinajstić information content (AvgIpc) is 2.43. The highest BCUT2D eigenvalue weighted by atomic mass is 16.5. The van der Waals surface area contributed by atoms with Crippen molar-refractivity contribution in [1.29, 1.82) is 0 Å². The molecule has 0 spiro atoms. The van der Waals surface area contributed by atoms with Gasteiger partial charge in [-0.25, -0.2) is 9.97 Å². The van der Waals surface area contributed by atoms with Gasteiger partial charge in [-0.15, -0.1) is 0 Å². The lowest BCUT2D eigenvalue weighted by Gasteiger charge is -2.14. The lowest BCUT2D eigenvalue weighted by atomic mass is 10.1. The fourth-order valence-corrected chi connectivity index (χ4v) is 2.04. The van der Waals surface area contributed by atoms with E-state index in [1.54, 1.807) is 0 Å². The van der Waals surface area contributed by atoms with Gasteiger partial charge in [0.2, 0.25) is 5.88 Å². The van der Waals surface area contributed by atoms with Gasteiger partial charge in [0.15, 0.2) is 0 Å². The predicted octanol–water partition coefficient (Wildman–Crippen LogP) is 3.88. The number of anilines is 1. The molecule has 4 heteroatoms. The standard InChI is InChI=1S/C16H21N3O/c1-5-13-15(17-6-2)18-10-19-16(13)20-14-9-11(3)7-8-12(14)4/h7-10H,5-6H2,1-4H3,(H,17,18,19). The number of aromatic nitrogens is 2. The van der Waals surface area contributed by atoms with Crippen LogP contribution in [0.3, 0.4) is 0 Å². The predicted molar refractivity (Wildman–Crippen MR) is 81.6 cm³/mol. The van der Waals surface area contributed by atoms with Crippen molar-refractivity contribution in [3.8, 4) is 11.6 Å². The molecule has 0 radical (unpaired) electrons. The maximum atomic E-state index is 6.01. The van der Waals surface area contributed by atoms with Crippen LogP contribution in [0, 0.1) is 13.8 Å². The molecule has 0 bridgehead atoms. The lowest BCUT2D eigenvalue weighted by Crippen LogP contribution is -2.06. The second kappa shape index (κ2) is 6.37. The maximum Gasteiger partial charge on any atom is 0.227 e. The minimum atomic E-state index is 0.632. The van der Waals surface area contributed by atoms with Crippen molar-refractivity contribution >= 4 is 5.82 Å². The molecule has 0 aliphatic rings. The number of rotatable bonds is 5. The Labute approximate surface area is 120 Å². The number of benzene rings is 1. The van der Waals surface area contributed by atoms with E-state index in [1.807, 2.05) is 19.9 Å². The smallest absolute Gasteiger partial charge is 0.227 e. The Bertz CT molecular complexity index is 596. The molecule has 1 aromatic heterocycles. The van der Waals surface area contributed by atoms with E-state index in [-0.39, 0.29) is 0 Å². The first kappa shape index (κ1) is 14.3. The van der Waals surface area contributed by atoms with Gasteiger partial charge in [0.1, 0.15) is 17.9 Å². The summed E-state index contributed by atoms with van der Waals surface area (Å²) in [5.74, 6) is 2.33. The Morgan fingerprint density at radius 3 is 2.65 bits per heavy atom. The monoisotopic (exact) mass is 271 g/mol. The summed E-state index contributed by atoms with van der Waals surface area (Å²) in [6, 6.07) is 6.17. The Balaban J connectivity index is 2.37. The van der Waals surface area contributed by atoms with Gasteiger partial charge in [-0.2, -0.15) is 0 Å². The molecule has 0 atom stereocenters. The third kappa shape index (κ3) is 3.07. The van der Waals surface area contributed by atoms with Crippen molar-refractivity contribution in [2.45, 2.75) is 34.1 Å². The van der Waals surface area contributed by atoms with Crippen LogP contribution >= 0.6 is 0 Å². The number of nitrogens with one attached hydrogen (secondary N) is 1. The molecule has 1 heterocycles. The lowest BCUT2D eigenvalue weighted by molar-refractivity contribution is 0.452. The summed E-state index contributed by atoms with van der Waals surface area (Å²) in [6.45, 7) is 9.04. The molecular formula is C16H21N3O. The van der Waals surface area contributed by atoms with Gasteiger partial charge in [-0.1, -0.05) is 19.1 Å². The molecule has 1 N–H and O–H groups in total.